The van der Waals surface area contributed by atoms with Gasteiger partial charge < -0.3 is 11.1 Å². The van der Waals surface area contributed by atoms with E-state index in [0.717, 1.165) is 22.8 Å². The molecular formula is C13H16FN3S. The molecule has 18 heavy (non-hydrogen) atoms. The van der Waals surface area contributed by atoms with Gasteiger partial charge in [-0.05, 0) is 24.6 Å². The summed E-state index contributed by atoms with van der Waals surface area (Å²) in [5.74, 6) is -0.216. The van der Waals surface area contributed by atoms with Crippen molar-refractivity contribution in [2.24, 2.45) is 5.73 Å². The summed E-state index contributed by atoms with van der Waals surface area (Å²) >= 11 is 1.56. The summed E-state index contributed by atoms with van der Waals surface area (Å²) in [6.07, 6.45) is 0.786. The highest BCUT2D eigenvalue weighted by molar-refractivity contribution is 7.13. The van der Waals surface area contributed by atoms with E-state index in [-0.39, 0.29) is 11.9 Å². The number of hydrogen-bond acceptors (Lipinski definition) is 4. The number of aromatic nitrogens is 1. The Morgan fingerprint density at radius 3 is 2.78 bits per heavy atom. The number of anilines is 1. The summed E-state index contributed by atoms with van der Waals surface area (Å²) in [4.78, 5) is 4.44. The van der Waals surface area contributed by atoms with Gasteiger partial charge in [0.2, 0.25) is 0 Å². The zero-order chi connectivity index (χ0) is 13.0. The fourth-order valence-electron chi connectivity index (χ4n) is 1.59. The summed E-state index contributed by atoms with van der Waals surface area (Å²) in [5, 5.41) is 6.10. The summed E-state index contributed by atoms with van der Waals surface area (Å²) in [6.45, 7) is 2.61. The van der Waals surface area contributed by atoms with E-state index in [1.807, 2.05) is 12.3 Å². The van der Waals surface area contributed by atoms with Gasteiger partial charge in [0.05, 0.1) is 5.69 Å². The van der Waals surface area contributed by atoms with Crippen molar-refractivity contribution in [3.8, 4) is 0 Å². The van der Waals surface area contributed by atoms with Crippen LogP contribution in [0.5, 0.6) is 0 Å². The third-order valence-electron chi connectivity index (χ3n) is 2.44. The maximum absolute atomic E-state index is 12.7. The van der Waals surface area contributed by atoms with Crippen molar-refractivity contribution < 1.29 is 4.39 Å². The second kappa shape index (κ2) is 5.93. The minimum atomic E-state index is -0.216. The predicted molar refractivity (Wildman–Crippen MR) is 73.2 cm³/mol. The lowest BCUT2D eigenvalue weighted by atomic mass is 10.2. The van der Waals surface area contributed by atoms with Gasteiger partial charge in [0.1, 0.15) is 5.82 Å². The Labute approximate surface area is 110 Å². The molecule has 0 saturated heterocycles. The Hall–Kier alpha value is -1.46. The molecule has 1 aromatic heterocycles. The van der Waals surface area contributed by atoms with Gasteiger partial charge in [-0.15, -0.1) is 11.3 Å². The molecule has 1 unspecified atom stereocenters. The molecule has 96 valence electrons. The highest BCUT2D eigenvalue weighted by Gasteiger charge is 2.04. The average Bonchev–Trinajstić information content (AvgIpc) is 2.75. The van der Waals surface area contributed by atoms with Crippen molar-refractivity contribution in [2.75, 3.05) is 5.32 Å². The van der Waals surface area contributed by atoms with Crippen molar-refractivity contribution in [1.82, 2.24) is 4.98 Å². The third kappa shape index (κ3) is 3.78. The van der Waals surface area contributed by atoms with Gasteiger partial charge in [-0.25, -0.2) is 9.37 Å². The fourth-order valence-corrected chi connectivity index (χ4v) is 2.31. The molecule has 3 N–H and O–H groups in total. The van der Waals surface area contributed by atoms with Crippen LogP contribution < -0.4 is 11.1 Å². The van der Waals surface area contributed by atoms with Crippen LogP contribution in [0.4, 0.5) is 9.52 Å². The molecule has 1 atom stereocenters. The third-order valence-corrected chi connectivity index (χ3v) is 3.29. The van der Waals surface area contributed by atoms with Crippen LogP contribution in [-0.4, -0.2) is 11.0 Å². The molecular weight excluding hydrogens is 249 g/mol. The van der Waals surface area contributed by atoms with Crippen LogP contribution in [0.2, 0.25) is 0 Å². The normalized spacial score (nSPS) is 12.4. The van der Waals surface area contributed by atoms with Gasteiger partial charge in [0.15, 0.2) is 5.13 Å². The van der Waals surface area contributed by atoms with E-state index in [1.165, 1.54) is 12.1 Å². The van der Waals surface area contributed by atoms with Crippen LogP contribution in [-0.2, 0) is 13.0 Å². The number of nitrogens with one attached hydrogen (secondary N) is 1. The van der Waals surface area contributed by atoms with Gasteiger partial charge in [-0.1, -0.05) is 12.1 Å². The number of halogens is 1. The molecule has 0 bridgehead atoms. The van der Waals surface area contributed by atoms with Crippen molar-refractivity contribution in [3.05, 3.63) is 46.7 Å². The summed E-state index contributed by atoms with van der Waals surface area (Å²) in [7, 11) is 0. The van der Waals surface area contributed by atoms with E-state index >= 15 is 0 Å². The van der Waals surface area contributed by atoms with Gasteiger partial charge in [0.25, 0.3) is 0 Å². The van der Waals surface area contributed by atoms with Crippen molar-refractivity contribution >= 4 is 16.5 Å². The minimum absolute atomic E-state index is 0.122. The second-order valence-corrected chi connectivity index (χ2v) is 5.16. The van der Waals surface area contributed by atoms with Gasteiger partial charge >= 0.3 is 0 Å². The minimum Gasteiger partial charge on any atom is -0.357 e. The van der Waals surface area contributed by atoms with Crippen molar-refractivity contribution in [2.45, 2.75) is 25.9 Å². The van der Waals surface area contributed by atoms with Crippen LogP contribution in [0.25, 0.3) is 0 Å². The lowest BCUT2D eigenvalue weighted by molar-refractivity contribution is 0.627. The zero-order valence-corrected chi connectivity index (χ0v) is 11.0. The number of nitrogens with zero attached hydrogens (tertiary/aromatic N) is 1. The SMILES string of the molecule is CC(N)Cc1csc(NCc2ccc(F)cc2)n1. The van der Waals surface area contributed by atoms with Crippen LogP contribution in [0, 0.1) is 5.82 Å². The van der Waals surface area contributed by atoms with Crippen LogP contribution in [0.3, 0.4) is 0 Å². The van der Waals surface area contributed by atoms with Gasteiger partial charge in [-0.2, -0.15) is 0 Å². The average molecular weight is 265 g/mol. The molecule has 3 nitrogen and oxygen atoms in total. The number of thiazole rings is 1. The van der Waals surface area contributed by atoms with E-state index in [1.54, 1.807) is 23.5 Å². The molecule has 0 aliphatic rings. The molecule has 0 amide bonds. The molecule has 0 fully saturated rings. The first-order valence-electron chi connectivity index (χ1n) is 5.82. The van der Waals surface area contributed by atoms with Crippen LogP contribution in [0.15, 0.2) is 29.6 Å². The fraction of sp³-hybridized carbons (Fsp3) is 0.308. The molecule has 5 heteroatoms. The largest absolute Gasteiger partial charge is 0.357 e. The number of nitrogens with two attached hydrogens (primary N) is 1. The van der Waals surface area contributed by atoms with Gasteiger partial charge in [-0.3, -0.25) is 0 Å². The smallest absolute Gasteiger partial charge is 0.183 e. The maximum Gasteiger partial charge on any atom is 0.183 e. The van der Waals surface area contributed by atoms with E-state index < -0.39 is 0 Å². The standard InChI is InChI=1S/C13H16FN3S/c1-9(15)6-12-8-18-13(17-12)16-7-10-2-4-11(14)5-3-10/h2-5,8-9H,6-7,15H2,1H3,(H,16,17). The molecule has 1 heterocycles. The predicted octanol–water partition coefficient (Wildman–Crippen LogP) is 2.78. The quantitative estimate of drug-likeness (QED) is 0.874. The van der Waals surface area contributed by atoms with E-state index in [9.17, 15) is 4.39 Å². The first kappa shape index (κ1) is 13.0. The topological polar surface area (TPSA) is 50.9 Å². The monoisotopic (exact) mass is 265 g/mol. The molecule has 1 aromatic carbocycles. The van der Waals surface area contributed by atoms with E-state index in [2.05, 4.69) is 10.3 Å². The maximum atomic E-state index is 12.7. The summed E-state index contributed by atoms with van der Waals surface area (Å²) in [6, 6.07) is 6.57. The molecule has 0 spiro atoms. The Balaban J connectivity index is 1.90. The second-order valence-electron chi connectivity index (χ2n) is 4.31. The summed E-state index contributed by atoms with van der Waals surface area (Å²) < 4.78 is 12.7. The Kier molecular flexibility index (Phi) is 4.28. The van der Waals surface area contributed by atoms with Crippen LogP contribution >= 0.6 is 11.3 Å². The molecule has 2 rings (SSSR count). The zero-order valence-electron chi connectivity index (χ0n) is 10.2. The van der Waals surface area contributed by atoms with Crippen LogP contribution in [0.1, 0.15) is 18.2 Å². The molecule has 0 radical (unpaired) electrons. The molecule has 0 aliphatic carbocycles. The first-order valence-corrected chi connectivity index (χ1v) is 6.70. The highest BCUT2D eigenvalue weighted by atomic mass is 32.1. The lowest BCUT2D eigenvalue weighted by Gasteiger charge is -2.03. The van der Waals surface area contributed by atoms with Crippen molar-refractivity contribution in [3.63, 3.8) is 0 Å². The lowest BCUT2D eigenvalue weighted by Crippen LogP contribution is -2.17. The number of hydrogen-bond donors (Lipinski definition) is 2. The number of rotatable bonds is 5. The molecule has 0 aliphatic heterocycles. The first-order chi connectivity index (χ1) is 8.63. The van der Waals surface area contributed by atoms with E-state index in [0.29, 0.717) is 6.54 Å². The Bertz CT molecular complexity index is 493. The summed E-state index contributed by atoms with van der Waals surface area (Å²) in [5.41, 5.74) is 7.76. The van der Waals surface area contributed by atoms with Gasteiger partial charge in [0, 0.05) is 24.4 Å². The van der Waals surface area contributed by atoms with E-state index in [4.69, 9.17) is 5.73 Å². The molecule has 0 saturated carbocycles. The highest BCUT2D eigenvalue weighted by Crippen LogP contribution is 2.17. The Morgan fingerprint density at radius 1 is 1.39 bits per heavy atom. The Morgan fingerprint density at radius 2 is 2.11 bits per heavy atom. The van der Waals surface area contributed by atoms with Crippen molar-refractivity contribution in [1.29, 1.82) is 0 Å². The number of benzene rings is 1. The molecule has 2 aromatic rings.